The number of pyridine rings is 1. The van der Waals surface area contributed by atoms with E-state index in [4.69, 9.17) is 4.74 Å². The van der Waals surface area contributed by atoms with Crippen molar-refractivity contribution in [2.24, 2.45) is 5.92 Å². The van der Waals surface area contributed by atoms with Crippen molar-refractivity contribution in [1.29, 1.82) is 0 Å². The summed E-state index contributed by atoms with van der Waals surface area (Å²) in [5.41, 5.74) is 0.845. The van der Waals surface area contributed by atoms with Crippen LogP contribution >= 0.6 is 0 Å². The van der Waals surface area contributed by atoms with Gasteiger partial charge in [-0.2, -0.15) is 17.5 Å². The normalized spacial score (nSPS) is 19.7. The van der Waals surface area contributed by atoms with Gasteiger partial charge >= 0.3 is 12.2 Å². The van der Waals surface area contributed by atoms with Crippen LogP contribution in [0.3, 0.4) is 0 Å². The average molecular weight is 593 g/mol. The molecular weight excluding hydrogens is 561 g/mol. The molecule has 0 unspecified atom stereocenters. The molecule has 9 nitrogen and oxygen atoms in total. The van der Waals surface area contributed by atoms with Crippen molar-refractivity contribution in [3.63, 3.8) is 0 Å². The van der Waals surface area contributed by atoms with Gasteiger partial charge in [0.2, 0.25) is 10.0 Å². The summed E-state index contributed by atoms with van der Waals surface area (Å²) in [5.74, 6) is -0.319. The highest BCUT2D eigenvalue weighted by atomic mass is 32.2. The molecule has 1 aliphatic heterocycles. The molecule has 13 heteroatoms. The number of nitrogens with one attached hydrogen (secondary N) is 1. The van der Waals surface area contributed by atoms with E-state index < -0.39 is 52.5 Å². The minimum absolute atomic E-state index is 0.0225. The number of anilines is 1. The number of carbonyl (C=O) groups is 1. The van der Waals surface area contributed by atoms with Crippen LogP contribution in [0, 0.1) is 5.92 Å². The summed E-state index contributed by atoms with van der Waals surface area (Å²) in [6, 6.07) is 11.1. The molecule has 41 heavy (non-hydrogen) atoms. The molecule has 3 atom stereocenters. The molecule has 0 bridgehead atoms. The third-order valence-corrected chi connectivity index (χ3v) is 8.96. The van der Waals surface area contributed by atoms with E-state index in [9.17, 15) is 31.5 Å². The number of benzene rings is 2. The number of carbonyl (C=O) groups excluding carboxylic acids is 1. The Bertz CT molecular complexity index is 1470. The lowest BCUT2D eigenvalue weighted by Gasteiger charge is -2.37. The highest BCUT2D eigenvalue weighted by Crippen LogP contribution is 2.36. The minimum atomic E-state index is -4.49. The van der Waals surface area contributed by atoms with Gasteiger partial charge in [-0.3, -0.25) is 4.98 Å². The molecule has 2 N–H and O–H groups in total. The molecule has 1 aliphatic rings. The number of hydrogen-bond acceptors (Lipinski definition) is 6. The lowest BCUT2D eigenvalue weighted by Crippen LogP contribution is -2.50. The number of urea groups is 1. The molecular formula is C28H31F3N4O5S. The maximum Gasteiger partial charge on any atom is 0.416 e. The number of halogens is 3. The van der Waals surface area contributed by atoms with Crippen molar-refractivity contribution < 1.29 is 36.2 Å². The lowest BCUT2D eigenvalue weighted by atomic mass is 10.0. The molecule has 3 aromatic rings. The smallest absolute Gasteiger partial charge is 0.416 e. The Morgan fingerprint density at radius 1 is 1.15 bits per heavy atom. The van der Waals surface area contributed by atoms with Gasteiger partial charge in [0.1, 0.15) is 16.7 Å². The molecule has 0 saturated heterocycles. The number of alkyl halides is 3. The number of amides is 2. The third kappa shape index (κ3) is 6.80. The number of likely N-dealkylation sites (N-methyl/N-ethyl adjacent to an activating group) is 1. The van der Waals surface area contributed by atoms with Crippen molar-refractivity contribution in [2.75, 3.05) is 32.1 Å². The second-order valence-electron chi connectivity index (χ2n) is 10.0. The number of sulfonamides is 1. The number of rotatable bonds is 6. The van der Waals surface area contributed by atoms with Crippen LogP contribution in [0.2, 0.25) is 0 Å². The van der Waals surface area contributed by atoms with E-state index >= 15 is 0 Å². The Morgan fingerprint density at radius 2 is 1.80 bits per heavy atom. The molecule has 0 spiro atoms. The van der Waals surface area contributed by atoms with Crippen LogP contribution in [0.1, 0.15) is 19.4 Å². The molecule has 0 saturated carbocycles. The minimum Gasteiger partial charge on any atom is -0.487 e. The zero-order valence-electron chi connectivity index (χ0n) is 22.7. The van der Waals surface area contributed by atoms with Crippen LogP contribution in [0.25, 0.3) is 11.1 Å². The fourth-order valence-corrected chi connectivity index (χ4v) is 6.31. The first kappa shape index (κ1) is 30.3. The molecule has 0 fully saturated rings. The fraction of sp³-hybridized carbons (Fsp3) is 0.357. The second kappa shape index (κ2) is 12.0. The largest absolute Gasteiger partial charge is 0.487 e. The first-order valence-electron chi connectivity index (χ1n) is 12.8. The van der Waals surface area contributed by atoms with Crippen molar-refractivity contribution >= 4 is 21.7 Å². The van der Waals surface area contributed by atoms with Crippen LogP contribution in [0.5, 0.6) is 5.75 Å². The van der Waals surface area contributed by atoms with Crippen molar-refractivity contribution in [2.45, 2.75) is 37.1 Å². The van der Waals surface area contributed by atoms with Gasteiger partial charge in [-0.1, -0.05) is 13.0 Å². The van der Waals surface area contributed by atoms with E-state index in [1.807, 2.05) is 0 Å². The van der Waals surface area contributed by atoms with Gasteiger partial charge in [-0.25, -0.2) is 13.2 Å². The summed E-state index contributed by atoms with van der Waals surface area (Å²) in [5, 5.41) is 12.4. The first-order chi connectivity index (χ1) is 19.3. The zero-order chi connectivity index (χ0) is 29.9. The lowest BCUT2D eigenvalue weighted by molar-refractivity contribution is -0.137. The second-order valence-corrected chi connectivity index (χ2v) is 11.9. The van der Waals surface area contributed by atoms with E-state index in [0.29, 0.717) is 5.56 Å². The van der Waals surface area contributed by atoms with Gasteiger partial charge in [-0.15, -0.1) is 0 Å². The summed E-state index contributed by atoms with van der Waals surface area (Å²) in [4.78, 5) is 18.2. The Kier molecular flexibility index (Phi) is 8.90. The van der Waals surface area contributed by atoms with Crippen LogP contribution < -0.4 is 10.1 Å². The van der Waals surface area contributed by atoms with Gasteiger partial charge in [0.15, 0.2) is 0 Å². The maximum atomic E-state index is 13.7. The number of aromatic nitrogens is 1. The number of nitrogens with zero attached hydrogens (tertiary/aromatic N) is 3. The van der Waals surface area contributed by atoms with E-state index in [-0.39, 0.29) is 29.4 Å². The van der Waals surface area contributed by atoms with Crippen molar-refractivity contribution in [3.8, 4) is 16.9 Å². The molecule has 4 rings (SSSR count). The van der Waals surface area contributed by atoms with Gasteiger partial charge in [0.05, 0.1) is 18.7 Å². The van der Waals surface area contributed by atoms with E-state index in [0.717, 1.165) is 17.7 Å². The average Bonchev–Trinajstić information content (AvgIpc) is 2.94. The molecule has 0 radical (unpaired) electrons. The summed E-state index contributed by atoms with van der Waals surface area (Å²) in [7, 11) is -2.54. The fourth-order valence-electron chi connectivity index (χ4n) is 4.48. The number of fused-ring (bicyclic) bond motifs is 1. The monoisotopic (exact) mass is 592 g/mol. The predicted molar refractivity (Wildman–Crippen MR) is 147 cm³/mol. The highest BCUT2D eigenvalue weighted by Gasteiger charge is 2.38. The van der Waals surface area contributed by atoms with Crippen LogP contribution in [-0.4, -0.2) is 72.6 Å². The highest BCUT2D eigenvalue weighted by molar-refractivity contribution is 7.89. The van der Waals surface area contributed by atoms with Crippen LogP contribution in [-0.2, 0) is 16.2 Å². The van der Waals surface area contributed by atoms with Crippen molar-refractivity contribution in [1.82, 2.24) is 14.2 Å². The topological polar surface area (TPSA) is 112 Å². The predicted octanol–water partition coefficient (Wildman–Crippen LogP) is 4.70. The molecule has 2 amide bonds. The Morgan fingerprint density at radius 3 is 2.41 bits per heavy atom. The van der Waals surface area contributed by atoms with Gasteiger partial charge < -0.3 is 20.1 Å². The first-order valence-corrected chi connectivity index (χ1v) is 14.3. The van der Waals surface area contributed by atoms with Crippen LogP contribution in [0.15, 0.2) is 71.9 Å². The molecule has 220 valence electrons. The van der Waals surface area contributed by atoms with E-state index in [1.165, 1.54) is 34.5 Å². The van der Waals surface area contributed by atoms with E-state index in [1.54, 1.807) is 50.5 Å². The van der Waals surface area contributed by atoms with Gasteiger partial charge in [0.25, 0.3) is 0 Å². The molecule has 1 aromatic heterocycles. The summed E-state index contributed by atoms with van der Waals surface area (Å²) in [6.07, 6.45) is -1.94. The number of hydrogen-bond donors (Lipinski definition) is 2. The Labute approximate surface area is 236 Å². The molecule has 2 aromatic carbocycles. The number of aliphatic hydroxyl groups is 1. The quantitative estimate of drug-likeness (QED) is 0.429. The van der Waals surface area contributed by atoms with Crippen LogP contribution in [0.4, 0.5) is 23.7 Å². The Balaban J connectivity index is 1.63. The van der Waals surface area contributed by atoms with Gasteiger partial charge in [-0.05, 0) is 66.6 Å². The van der Waals surface area contributed by atoms with Gasteiger partial charge in [0, 0.05) is 43.6 Å². The molecule has 0 aliphatic carbocycles. The zero-order valence-corrected chi connectivity index (χ0v) is 23.5. The number of aliphatic hydroxyl groups excluding tert-OH is 1. The standard InChI is InChI=1S/C28H31F3N4O5S/c1-18-15-35(19(2)17-36)41(38,39)26-9-4-21(20-10-12-32-13-11-20)14-24(26)40-25(18)16-34(3)27(37)33-23-7-5-22(6-8-23)28(29,30)31/h4-14,18-19,25,36H,15-17H2,1-3H3,(H,33,37)/t18-,19-,25-/m0/s1. The summed E-state index contributed by atoms with van der Waals surface area (Å²) >= 11 is 0. The SMILES string of the molecule is C[C@H]1CN([C@@H](C)CO)S(=O)(=O)c2ccc(-c3ccncc3)cc2O[C@H]1CN(C)C(=O)Nc1ccc(C(F)(F)F)cc1. The Hall–Kier alpha value is -3.68. The summed E-state index contributed by atoms with van der Waals surface area (Å²) < 4.78 is 73.5. The van der Waals surface area contributed by atoms with E-state index in [2.05, 4.69) is 10.3 Å². The molecule has 2 heterocycles. The number of ether oxygens (including phenoxy) is 1. The maximum absolute atomic E-state index is 13.7. The third-order valence-electron chi connectivity index (χ3n) is 6.94. The van der Waals surface area contributed by atoms with Crippen molar-refractivity contribution in [3.05, 3.63) is 72.6 Å². The summed E-state index contributed by atoms with van der Waals surface area (Å²) in [6.45, 7) is 3.06.